The molecular weight excluding hydrogens is 671 g/mol. The zero-order chi connectivity index (χ0) is 36.6. The lowest BCUT2D eigenvalue weighted by molar-refractivity contribution is 0.669. The first kappa shape index (κ1) is 32.2. The van der Waals surface area contributed by atoms with Crippen LogP contribution in [0.4, 0.5) is 0 Å². The van der Waals surface area contributed by atoms with E-state index in [1.807, 2.05) is 36.4 Å². The van der Waals surface area contributed by atoms with Gasteiger partial charge in [0.2, 0.25) is 0 Å². The predicted molar refractivity (Wildman–Crippen MR) is 225 cm³/mol. The van der Waals surface area contributed by atoms with Gasteiger partial charge < -0.3 is 4.42 Å². The molecule has 4 nitrogen and oxygen atoms in total. The van der Waals surface area contributed by atoms with E-state index in [-0.39, 0.29) is 0 Å². The van der Waals surface area contributed by atoms with Crippen molar-refractivity contribution >= 4 is 21.9 Å². The summed E-state index contributed by atoms with van der Waals surface area (Å²) in [6.45, 7) is 0. The van der Waals surface area contributed by atoms with Crippen molar-refractivity contribution in [1.29, 1.82) is 0 Å². The van der Waals surface area contributed by atoms with Gasteiger partial charge in [-0.15, -0.1) is 0 Å². The van der Waals surface area contributed by atoms with Crippen LogP contribution in [-0.4, -0.2) is 15.0 Å². The van der Waals surface area contributed by atoms with E-state index in [0.29, 0.717) is 17.5 Å². The summed E-state index contributed by atoms with van der Waals surface area (Å²) < 4.78 is 6.25. The Labute approximate surface area is 319 Å². The lowest BCUT2D eigenvalue weighted by Crippen LogP contribution is -2.01. The smallest absolute Gasteiger partial charge is 0.164 e. The second kappa shape index (κ2) is 13.8. The summed E-state index contributed by atoms with van der Waals surface area (Å²) in [5.41, 5.74) is 13.3. The van der Waals surface area contributed by atoms with E-state index in [1.54, 1.807) is 0 Å². The Morgan fingerprint density at radius 2 is 0.636 bits per heavy atom. The molecule has 0 unspecified atom stereocenters. The number of para-hydroxylation sites is 1. The highest BCUT2D eigenvalue weighted by atomic mass is 16.3. The van der Waals surface area contributed by atoms with Crippen LogP contribution in [0.15, 0.2) is 205 Å². The van der Waals surface area contributed by atoms with Crippen molar-refractivity contribution in [3.63, 3.8) is 0 Å². The fraction of sp³-hybridized carbons (Fsp3) is 0. The molecule has 2 heterocycles. The Bertz CT molecular complexity index is 2900. The minimum Gasteiger partial charge on any atom is -0.456 e. The lowest BCUT2D eigenvalue weighted by atomic mass is 9.96. The van der Waals surface area contributed by atoms with Gasteiger partial charge in [0.15, 0.2) is 17.5 Å². The predicted octanol–water partition coefficient (Wildman–Crippen LogP) is 13.4. The van der Waals surface area contributed by atoms with E-state index in [1.165, 1.54) is 0 Å². The molecule has 0 bridgehead atoms. The standard InChI is InChI=1S/C51H33N3O/c1-4-13-34(14-5-1)37-23-25-38(26-24-37)49-52-50(41-20-12-19-39(29-41)40-27-28-46-45-21-10-11-22-47(45)55-48(46)33-40)54-51(53-49)44-31-42(35-15-6-2-7-16-35)30-43(32-44)36-17-8-3-9-18-36/h1-33H. The summed E-state index contributed by atoms with van der Waals surface area (Å²) in [7, 11) is 0. The largest absolute Gasteiger partial charge is 0.456 e. The molecule has 10 aromatic rings. The van der Waals surface area contributed by atoms with Gasteiger partial charge in [0.1, 0.15) is 11.2 Å². The summed E-state index contributed by atoms with van der Waals surface area (Å²) in [5, 5.41) is 2.22. The van der Waals surface area contributed by atoms with E-state index >= 15 is 0 Å². The Morgan fingerprint density at radius 1 is 0.236 bits per heavy atom. The first-order valence-electron chi connectivity index (χ1n) is 18.4. The highest BCUT2D eigenvalue weighted by Crippen LogP contribution is 2.36. The summed E-state index contributed by atoms with van der Waals surface area (Å²) in [5.74, 6) is 1.82. The average molecular weight is 704 g/mol. The van der Waals surface area contributed by atoms with Crippen LogP contribution in [0.1, 0.15) is 0 Å². The van der Waals surface area contributed by atoms with Crippen LogP contribution in [0, 0.1) is 0 Å². The summed E-state index contributed by atoms with van der Waals surface area (Å²) >= 11 is 0. The molecule has 0 aliphatic rings. The molecule has 10 rings (SSSR count). The first-order valence-corrected chi connectivity index (χ1v) is 18.4. The fourth-order valence-corrected chi connectivity index (χ4v) is 7.30. The van der Waals surface area contributed by atoms with Gasteiger partial charge in [0.05, 0.1) is 0 Å². The molecule has 4 heteroatoms. The lowest BCUT2D eigenvalue weighted by Gasteiger charge is -2.13. The van der Waals surface area contributed by atoms with Gasteiger partial charge in [-0.2, -0.15) is 0 Å². The second-order valence-corrected chi connectivity index (χ2v) is 13.7. The van der Waals surface area contributed by atoms with E-state index in [9.17, 15) is 0 Å². The molecule has 0 radical (unpaired) electrons. The molecule has 55 heavy (non-hydrogen) atoms. The number of benzene rings is 8. The van der Waals surface area contributed by atoms with Gasteiger partial charge in [0.25, 0.3) is 0 Å². The highest BCUT2D eigenvalue weighted by molar-refractivity contribution is 6.05. The topological polar surface area (TPSA) is 51.8 Å². The van der Waals surface area contributed by atoms with Gasteiger partial charge in [-0.1, -0.05) is 158 Å². The van der Waals surface area contributed by atoms with E-state index in [2.05, 4.69) is 164 Å². The zero-order valence-electron chi connectivity index (χ0n) is 29.8. The van der Waals surface area contributed by atoms with Crippen molar-refractivity contribution in [3.05, 3.63) is 200 Å². The fourth-order valence-electron chi connectivity index (χ4n) is 7.30. The second-order valence-electron chi connectivity index (χ2n) is 13.7. The number of hydrogen-bond acceptors (Lipinski definition) is 4. The molecule has 0 N–H and O–H groups in total. The van der Waals surface area contributed by atoms with Crippen LogP contribution in [0.3, 0.4) is 0 Å². The van der Waals surface area contributed by atoms with Gasteiger partial charge in [-0.25, -0.2) is 15.0 Å². The van der Waals surface area contributed by atoms with Gasteiger partial charge in [-0.3, -0.25) is 0 Å². The quantitative estimate of drug-likeness (QED) is 0.166. The minimum atomic E-state index is 0.602. The van der Waals surface area contributed by atoms with Crippen LogP contribution in [-0.2, 0) is 0 Å². The molecular formula is C51H33N3O. The Hall–Kier alpha value is -7.43. The number of furan rings is 1. The number of rotatable bonds is 7. The number of fused-ring (bicyclic) bond motifs is 3. The first-order chi connectivity index (χ1) is 27.2. The summed E-state index contributed by atoms with van der Waals surface area (Å²) in [6.07, 6.45) is 0. The molecule has 0 spiro atoms. The van der Waals surface area contributed by atoms with Crippen molar-refractivity contribution in [2.24, 2.45) is 0 Å². The van der Waals surface area contributed by atoms with Crippen LogP contribution in [0.2, 0.25) is 0 Å². The van der Waals surface area contributed by atoms with Crippen molar-refractivity contribution in [3.8, 4) is 78.7 Å². The maximum atomic E-state index is 6.25. The SMILES string of the molecule is c1ccc(-c2ccc(-c3nc(-c4cccc(-c5ccc6c(c5)oc5ccccc56)c4)nc(-c4cc(-c5ccccc5)cc(-c5ccccc5)c4)n3)cc2)cc1. The average Bonchev–Trinajstić information content (AvgIpc) is 3.65. The minimum absolute atomic E-state index is 0.602. The third kappa shape index (κ3) is 6.36. The molecule has 0 atom stereocenters. The number of aromatic nitrogens is 3. The van der Waals surface area contributed by atoms with Crippen molar-refractivity contribution < 1.29 is 4.42 Å². The molecule has 0 amide bonds. The van der Waals surface area contributed by atoms with Crippen molar-refractivity contribution in [1.82, 2.24) is 15.0 Å². The zero-order valence-corrected chi connectivity index (χ0v) is 29.8. The molecule has 0 aliphatic heterocycles. The molecule has 0 saturated heterocycles. The normalized spacial score (nSPS) is 11.3. The third-order valence-electron chi connectivity index (χ3n) is 10.1. The van der Waals surface area contributed by atoms with Crippen LogP contribution < -0.4 is 0 Å². The van der Waals surface area contributed by atoms with Crippen LogP contribution in [0.5, 0.6) is 0 Å². The molecule has 2 aromatic heterocycles. The Kier molecular flexibility index (Phi) is 8.12. The van der Waals surface area contributed by atoms with Gasteiger partial charge >= 0.3 is 0 Å². The molecule has 0 saturated carbocycles. The van der Waals surface area contributed by atoms with Gasteiger partial charge in [0, 0.05) is 27.5 Å². The molecule has 8 aromatic carbocycles. The summed E-state index contributed by atoms with van der Waals surface area (Å²) in [6, 6.07) is 69.4. The van der Waals surface area contributed by atoms with Crippen molar-refractivity contribution in [2.45, 2.75) is 0 Å². The van der Waals surface area contributed by atoms with E-state index < -0.39 is 0 Å². The van der Waals surface area contributed by atoms with E-state index in [4.69, 9.17) is 19.4 Å². The van der Waals surface area contributed by atoms with Crippen molar-refractivity contribution in [2.75, 3.05) is 0 Å². The molecule has 0 fully saturated rings. The Balaban J connectivity index is 1.13. The van der Waals surface area contributed by atoms with Crippen LogP contribution in [0.25, 0.3) is 101 Å². The maximum absolute atomic E-state index is 6.25. The van der Waals surface area contributed by atoms with Crippen LogP contribution >= 0.6 is 0 Å². The van der Waals surface area contributed by atoms with Gasteiger partial charge in [-0.05, 0) is 87.0 Å². The summed E-state index contributed by atoms with van der Waals surface area (Å²) in [4.78, 5) is 15.5. The Morgan fingerprint density at radius 3 is 1.29 bits per heavy atom. The number of nitrogens with zero attached hydrogens (tertiary/aromatic N) is 3. The molecule has 258 valence electrons. The highest BCUT2D eigenvalue weighted by Gasteiger charge is 2.16. The molecule has 0 aliphatic carbocycles. The van der Waals surface area contributed by atoms with E-state index in [0.717, 1.165) is 83.1 Å². The number of hydrogen-bond donors (Lipinski definition) is 0. The third-order valence-corrected chi connectivity index (χ3v) is 10.1. The monoisotopic (exact) mass is 703 g/mol. The maximum Gasteiger partial charge on any atom is 0.164 e.